The Morgan fingerprint density at radius 1 is 0.950 bits per heavy atom. The Hall–Kier alpha value is -2.09. The Bertz CT molecular complexity index is 564. The predicted octanol–water partition coefficient (Wildman–Crippen LogP) is 3.47. The molecule has 1 atom stereocenters. The monoisotopic (exact) mass is 265 g/mol. The third kappa shape index (κ3) is 2.90. The van der Waals surface area contributed by atoms with Crippen LogP contribution in [-0.2, 0) is 11.2 Å². The van der Waals surface area contributed by atoms with Crippen LogP contribution in [0.25, 0.3) is 0 Å². The van der Waals surface area contributed by atoms with Gasteiger partial charge in [-0.15, -0.1) is 0 Å². The third-order valence-corrected chi connectivity index (χ3v) is 3.94. The number of para-hydroxylation sites is 1. The van der Waals surface area contributed by atoms with Gasteiger partial charge in [0.25, 0.3) is 0 Å². The van der Waals surface area contributed by atoms with E-state index in [-0.39, 0.29) is 6.04 Å². The van der Waals surface area contributed by atoms with Gasteiger partial charge >= 0.3 is 0 Å². The first-order valence-corrected chi connectivity index (χ1v) is 7.20. The number of benzene rings is 2. The van der Waals surface area contributed by atoms with Gasteiger partial charge in [-0.25, -0.2) is 0 Å². The van der Waals surface area contributed by atoms with Crippen molar-refractivity contribution in [2.24, 2.45) is 0 Å². The Morgan fingerprint density at radius 2 is 1.60 bits per heavy atom. The standard InChI is InChI=1S/C18H19NO/c20-18-11-12-19(16-9-5-2-6-10-16)17(14-18)13-15-7-3-1-4-8-15/h1-10,17H,11-14H2. The molecular formula is C18H19NO. The van der Waals surface area contributed by atoms with Gasteiger partial charge in [0.2, 0.25) is 0 Å². The smallest absolute Gasteiger partial charge is 0.136 e. The lowest BCUT2D eigenvalue weighted by Crippen LogP contribution is -2.44. The van der Waals surface area contributed by atoms with Gasteiger partial charge in [-0.3, -0.25) is 4.79 Å². The van der Waals surface area contributed by atoms with Gasteiger partial charge in [-0.2, -0.15) is 0 Å². The van der Waals surface area contributed by atoms with Crippen molar-refractivity contribution in [3.63, 3.8) is 0 Å². The van der Waals surface area contributed by atoms with E-state index in [1.807, 2.05) is 12.1 Å². The number of anilines is 1. The zero-order valence-corrected chi connectivity index (χ0v) is 11.5. The lowest BCUT2D eigenvalue weighted by molar-refractivity contribution is -0.120. The molecule has 1 unspecified atom stereocenters. The highest BCUT2D eigenvalue weighted by atomic mass is 16.1. The number of carbonyl (C=O) groups is 1. The minimum absolute atomic E-state index is 0.279. The zero-order valence-electron chi connectivity index (χ0n) is 11.5. The third-order valence-electron chi connectivity index (χ3n) is 3.94. The molecule has 2 aromatic rings. The Kier molecular flexibility index (Phi) is 3.82. The topological polar surface area (TPSA) is 20.3 Å². The molecular weight excluding hydrogens is 246 g/mol. The van der Waals surface area contributed by atoms with Crippen LogP contribution in [-0.4, -0.2) is 18.4 Å². The number of hydrogen-bond acceptors (Lipinski definition) is 2. The van der Waals surface area contributed by atoms with Gasteiger partial charge in [-0.05, 0) is 24.1 Å². The fourth-order valence-corrected chi connectivity index (χ4v) is 2.93. The summed E-state index contributed by atoms with van der Waals surface area (Å²) in [7, 11) is 0. The minimum atomic E-state index is 0.279. The number of rotatable bonds is 3. The molecule has 1 saturated heterocycles. The van der Waals surface area contributed by atoms with Gasteiger partial charge in [-0.1, -0.05) is 48.5 Å². The second-order valence-electron chi connectivity index (χ2n) is 5.37. The van der Waals surface area contributed by atoms with Gasteiger partial charge in [0.15, 0.2) is 0 Å². The van der Waals surface area contributed by atoms with Crippen LogP contribution in [0.3, 0.4) is 0 Å². The van der Waals surface area contributed by atoms with Crippen molar-refractivity contribution in [2.45, 2.75) is 25.3 Å². The number of hydrogen-bond donors (Lipinski definition) is 0. The molecule has 0 aliphatic carbocycles. The average molecular weight is 265 g/mol. The van der Waals surface area contributed by atoms with Crippen LogP contribution < -0.4 is 4.90 Å². The van der Waals surface area contributed by atoms with Crippen molar-refractivity contribution in [3.05, 3.63) is 66.2 Å². The van der Waals surface area contributed by atoms with E-state index in [9.17, 15) is 4.79 Å². The summed E-state index contributed by atoms with van der Waals surface area (Å²) < 4.78 is 0. The summed E-state index contributed by atoms with van der Waals surface area (Å²) in [6, 6.07) is 21.1. The van der Waals surface area contributed by atoms with E-state index in [4.69, 9.17) is 0 Å². The van der Waals surface area contributed by atoms with Crippen LogP contribution in [0.5, 0.6) is 0 Å². The minimum Gasteiger partial charge on any atom is -0.367 e. The molecule has 2 aromatic carbocycles. The summed E-state index contributed by atoms with van der Waals surface area (Å²) in [4.78, 5) is 14.2. The molecule has 0 saturated carbocycles. The summed E-state index contributed by atoms with van der Waals surface area (Å²) in [6.45, 7) is 0.834. The zero-order chi connectivity index (χ0) is 13.8. The largest absolute Gasteiger partial charge is 0.367 e. The first-order chi connectivity index (χ1) is 9.83. The highest BCUT2D eigenvalue weighted by Crippen LogP contribution is 2.25. The molecule has 0 radical (unpaired) electrons. The molecule has 3 rings (SSSR count). The van der Waals surface area contributed by atoms with Gasteiger partial charge in [0.05, 0.1) is 0 Å². The fraction of sp³-hybridized carbons (Fsp3) is 0.278. The van der Waals surface area contributed by atoms with Crippen molar-refractivity contribution in [3.8, 4) is 0 Å². The number of piperidine rings is 1. The molecule has 102 valence electrons. The molecule has 0 amide bonds. The highest BCUT2D eigenvalue weighted by molar-refractivity contribution is 5.81. The quantitative estimate of drug-likeness (QED) is 0.847. The maximum absolute atomic E-state index is 11.8. The predicted molar refractivity (Wildman–Crippen MR) is 82.0 cm³/mol. The van der Waals surface area contributed by atoms with E-state index in [1.165, 1.54) is 11.3 Å². The molecule has 0 N–H and O–H groups in total. The summed E-state index contributed by atoms with van der Waals surface area (Å²) in [5, 5.41) is 0. The van der Waals surface area contributed by atoms with Crippen LogP contribution in [0.2, 0.25) is 0 Å². The molecule has 0 bridgehead atoms. The molecule has 1 aliphatic rings. The summed E-state index contributed by atoms with van der Waals surface area (Å²) in [5.41, 5.74) is 2.52. The van der Waals surface area contributed by atoms with Gasteiger partial charge in [0, 0.05) is 31.1 Å². The Labute approximate surface area is 120 Å². The summed E-state index contributed by atoms with van der Waals surface area (Å²) in [5.74, 6) is 0.387. The maximum Gasteiger partial charge on any atom is 0.136 e. The van der Waals surface area contributed by atoms with E-state index < -0.39 is 0 Å². The second kappa shape index (κ2) is 5.91. The van der Waals surface area contributed by atoms with Crippen LogP contribution in [0.4, 0.5) is 5.69 Å². The van der Waals surface area contributed by atoms with E-state index >= 15 is 0 Å². The van der Waals surface area contributed by atoms with E-state index in [1.54, 1.807) is 0 Å². The molecule has 1 aliphatic heterocycles. The molecule has 2 nitrogen and oxygen atoms in total. The SMILES string of the molecule is O=C1CCN(c2ccccc2)C(Cc2ccccc2)C1. The summed E-state index contributed by atoms with van der Waals surface area (Å²) >= 11 is 0. The maximum atomic E-state index is 11.8. The van der Waals surface area contributed by atoms with Crippen LogP contribution in [0.15, 0.2) is 60.7 Å². The fourth-order valence-electron chi connectivity index (χ4n) is 2.93. The van der Waals surface area contributed by atoms with Crippen LogP contribution in [0, 0.1) is 0 Å². The average Bonchev–Trinajstić information content (AvgIpc) is 2.49. The van der Waals surface area contributed by atoms with E-state index in [2.05, 4.69) is 53.4 Å². The Morgan fingerprint density at radius 3 is 2.30 bits per heavy atom. The van der Waals surface area contributed by atoms with E-state index in [0.29, 0.717) is 18.6 Å². The number of ketones is 1. The first kappa shape index (κ1) is 12.9. The van der Waals surface area contributed by atoms with Gasteiger partial charge in [0.1, 0.15) is 5.78 Å². The molecule has 0 spiro atoms. The number of nitrogens with zero attached hydrogens (tertiary/aromatic N) is 1. The lowest BCUT2D eigenvalue weighted by atomic mass is 9.94. The molecule has 20 heavy (non-hydrogen) atoms. The van der Waals surface area contributed by atoms with Crippen molar-refractivity contribution < 1.29 is 4.79 Å². The Balaban J connectivity index is 1.82. The van der Waals surface area contributed by atoms with Gasteiger partial charge < -0.3 is 4.90 Å². The second-order valence-corrected chi connectivity index (χ2v) is 5.37. The normalized spacial score (nSPS) is 19.1. The number of carbonyl (C=O) groups excluding carboxylic acids is 1. The summed E-state index contributed by atoms with van der Waals surface area (Å²) in [6.07, 6.45) is 2.26. The first-order valence-electron chi connectivity index (χ1n) is 7.20. The van der Waals surface area contributed by atoms with Crippen molar-refractivity contribution >= 4 is 11.5 Å². The van der Waals surface area contributed by atoms with E-state index in [0.717, 1.165) is 13.0 Å². The molecule has 2 heteroatoms. The number of Topliss-reactive ketones (excluding diaryl/α,β-unsaturated/α-hetero) is 1. The lowest BCUT2D eigenvalue weighted by Gasteiger charge is -2.37. The van der Waals surface area contributed by atoms with Crippen LogP contribution in [0.1, 0.15) is 18.4 Å². The molecule has 0 aromatic heterocycles. The van der Waals surface area contributed by atoms with Crippen molar-refractivity contribution in [1.29, 1.82) is 0 Å². The van der Waals surface area contributed by atoms with Crippen LogP contribution >= 0.6 is 0 Å². The van der Waals surface area contributed by atoms with Crippen molar-refractivity contribution in [1.82, 2.24) is 0 Å². The van der Waals surface area contributed by atoms with Crippen molar-refractivity contribution in [2.75, 3.05) is 11.4 Å². The highest BCUT2D eigenvalue weighted by Gasteiger charge is 2.27. The molecule has 1 fully saturated rings. The molecule has 1 heterocycles.